The summed E-state index contributed by atoms with van der Waals surface area (Å²) in [6, 6.07) is 4.09. The smallest absolute Gasteiger partial charge is 0.243 e. The van der Waals surface area contributed by atoms with E-state index in [4.69, 9.17) is 0 Å². The topological polar surface area (TPSA) is 42.2 Å². The van der Waals surface area contributed by atoms with E-state index in [1.807, 2.05) is 16.8 Å². The zero-order valence-electron chi connectivity index (χ0n) is 11.3. The van der Waals surface area contributed by atoms with Gasteiger partial charge in [0.05, 0.1) is 0 Å². The summed E-state index contributed by atoms with van der Waals surface area (Å²) >= 11 is 0. The van der Waals surface area contributed by atoms with Crippen LogP contribution in [-0.4, -0.2) is 21.1 Å². The van der Waals surface area contributed by atoms with Crippen LogP contribution in [0, 0.1) is 24.7 Å². The molecule has 2 aliphatic rings. The second-order valence-corrected chi connectivity index (χ2v) is 6.11. The molecular weight excluding hydrogens is 236 g/mol. The molecule has 0 radical (unpaired) electrons. The quantitative estimate of drug-likeness (QED) is 0.894. The van der Waals surface area contributed by atoms with E-state index in [0.717, 1.165) is 35.9 Å². The molecule has 100 valence electrons. The first-order chi connectivity index (χ1) is 9.31. The minimum atomic E-state index is 0.778. The molecule has 0 aromatic carbocycles. The fraction of sp³-hybridized carbons (Fsp3) is 0.600. The first-order valence-electron chi connectivity index (χ1n) is 7.37. The third-order valence-corrected chi connectivity index (χ3v) is 4.51. The van der Waals surface area contributed by atoms with Gasteiger partial charge in [-0.15, -0.1) is 5.10 Å². The van der Waals surface area contributed by atoms with Crippen molar-refractivity contribution in [2.75, 3.05) is 11.9 Å². The molecule has 0 saturated heterocycles. The SMILES string of the molecule is Cc1cccn2nc(NCC(C3CC3)C3CC3)nc12. The number of nitrogens with one attached hydrogen (secondary N) is 1. The molecular formula is C15H20N4. The normalized spacial score (nSPS) is 19.3. The summed E-state index contributed by atoms with van der Waals surface area (Å²) in [5, 5.41) is 7.96. The maximum Gasteiger partial charge on any atom is 0.243 e. The average Bonchev–Trinajstić information content (AvgIpc) is 3.29. The number of rotatable bonds is 5. The Balaban J connectivity index is 1.49. The van der Waals surface area contributed by atoms with Crippen LogP contribution < -0.4 is 5.32 Å². The molecule has 0 atom stereocenters. The number of nitrogens with zero attached hydrogens (tertiary/aromatic N) is 3. The van der Waals surface area contributed by atoms with Gasteiger partial charge in [0.15, 0.2) is 5.65 Å². The number of hydrogen-bond donors (Lipinski definition) is 1. The van der Waals surface area contributed by atoms with Gasteiger partial charge in [-0.2, -0.15) is 4.98 Å². The second-order valence-electron chi connectivity index (χ2n) is 6.11. The van der Waals surface area contributed by atoms with Gasteiger partial charge in [-0.25, -0.2) is 4.52 Å². The molecule has 0 aliphatic heterocycles. The molecule has 0 amide bonds. The summed E-state index contributed by atoms with van der Waals surface area (Å²) in [4.78, 5) is 4.58. The third kappa shape index (κ3) is 2.20. The number of aromatic nitrogens is 3. The molecule has 0 unspecified atom stereocenters. The molecule has 4 nitrogen and oxygen atoms in total. The number of pyridine rings is 1. The summed E-state index contributed by atoms with van der Waals surface area (Å²) < 4.78 is 1.86. The summed E-state index contributed by atoms with van der Waals surface area (Å²) in [5.41, 5.74) is 2.13. The second kappa shape index (κ2) is 4.22. The number of fused-ring (bicyclic) bond motifs is 1. The van der Waals surface area contributed by atoms with Gasteiger partial charge in [-0.1, -0.05) is 6.07 Å². The Morgan fingerprint density at radius 2 is 2.05 bits per heavy atom. The predicted molar refractivity (Wildman–Crippen MR) is 75.2 cm³/mol. The average molecular weight is 256 g/mol. The molecule has 2 heterocycles. The van der Waals surface area contributed by atoms with Crippen LogP contribution in [0.3, 0.4) is 0 Å². The van der Waals surface area contributed by atoms with E-state index in [0.29, 0.717) is 0 Å². The standard InChI is InChI=1S/C15H20N4/c1-10-3-2-8-19-14(10)17-15(18-19)16-9-13(11-4-5-11)12-6-7-12/h2-3,8,11-13H,4-7,9H2,1H3,(H,16,18). The molecule has 0 spiro atoms. The van der Waals surface area contributed by atoms with Crippen molar-refractivity contribution in [2.45, 2.75) is 32.6 Å². The van der Waals surface area contributed by atoms with Crippen LogP contribution in [0.5, 0.6) is 0 Å². The van der Waals surface area contributed by atoms with Crippen molar-refractivity contribution >= 4 is 11.6 Å². The van der Waals surface area contributed by atoms with Gasteiger partial charge in [0, 0.05) is 12.7 Å². The third-order valence-electron chi connectivity index (χ3n) is 4.51. The van der Waals surface area contributed by atoms with Crippen molar-refractivity contribution in [3.05, 3.63) is 23.9 Å². The highest BCUT2D eigenvalue weighted by Crippen LogP contribution is 2.49. The Morgan fingerprint density at radius 3 is 2.68 bits per heavy atom. The lowest BCUT2D eigenvalue weighted by Crippen LogP contribution is -2.18. The van der Waals surface area contributed by atoms with E-state index < -0.39 is 0 Å². The maximum atomic E-state index is 4.58. The molecule has 0 bridgehead atoms. The van der Waals surface area contributed by atoms with Crippen LogP contribution in [0.4, 0.5) is 5.95 Å². The molecule has 1 N–H and O–H groups in total. The molecule has 2 fully saturated rings. The summed E-state index contributed by atoms with van der Waals surface area (Å²) in [6.07, 6.45) is 7.68. The largest absolute Gasteiger partial charge is 0.353 e. The Kier molecular flexibility index (Phi) is 2.50. The van der Waals surface area contributed by atoms with Crippen LogP contribution in [-0.2, 0) is 0 Å². The molecule has 2 aliphatic carbocycles. The van der Waals surface area contributed by atoms with Gasteiger partial charge >= 0.3 is 0 Å². The first-order valence-corrected chi connectivity index (χ1v) is 7.37. The maximum absolute atomic E-state index is 4.58. The molecule has 2 saturated carbocycles. The molecule has 4 heteroatoms. The minimum Gasteiger partial charge on any atom is -0.353 e. The van der Waals surface area contributed by atoms with Crippen molar-refractivity contribution in [1.82, 2.24) is 14.6 Å². The van der Waals surface area contributed by atoms with Crippen LogP contribution in [0.25, 0.3) is 5.65 Å². The Morgan fingerprint density at radius 1 is 1.32 bits per heavy atom. The van der Waals surface area contributed by atoms with Crippen LogP contribution in [0.2, 0.25) is 0 Å². The summed E-state index contributed by atoms with van der Waals surface area (Å²) in [5.74, 6) is 3.57. The van der Waals surface area contributed by atoms with E-state index in [-0.39, 0.29) is 0 Å². The zero-order valence-corrected chi connectivity index (χ0v) is 11.3. The molecule has 4 rings (SSSR count). The lowest BCUT2D eigenvalue weighted by Gasteiger charge is -2.14. The molecule has 19 heavy (non-hydrogen) atoms. The van der Waals surface area contributed by atoms with E-state index in [9.17, 15) is 0 Å². The van der Waals surface area contributed by atoms with Crippen molar-refractivity contribution in [3.63, 3.8) is 0 Å². The molecule has 2 aromatic rings. The Hall–Kier alpha value is -1.58. The van der Waals surface area contributed by atoms with Crippen LogP contribution in [0.15, 0.2) is 18.3 Å². The van der Waals surface area contributed by atoms with Crippen molar-refractivity contribution in [3.8, 4) is 0 Å². The fourth-order valence-electron chi connectivity index (χ4n) is 3.09. The number of hydrogen-bond acceptors (Lipinski definition) is 3. The summed E-state index contributed by atoms with van der Waals surface area (Å²) in [6.45, 7) is 3.12. The highest BCUT2D eigenvalue weighted by molar-refractivity contribution is 5.49. The van der Waals surface area contributed by atoms with Crippen molar-refractivity contribution in [1.29, 1.82) is 0 Å². The van der Waals surface area contributed by atoms with Crippen LogP contribution >= 0.6 is 0 Å². The van der Waals surface area contributed by atoms with Crippen LogP contribution in [0.1, 0.15) is 31.2 Å². The Labute approximate surface area is 113 Å². The summed E-state index contributed by atoms with van der Waals surface area (Å²) in [7, 11) is 0. The monoisotopic (exact) mass is 256 g/mol. The minimum absolute atomic E-state index is 0.778. The van der Waals surface area contributed by atoms with Gasteiger partial charge < -0.3 is 5.32 Å². The fourth-order valence-corrected chi connectivity index (χ4v) is 3.09. The van der Waals surface area contributed by atoms with Gasteiger partial charge in [0.25, 0.3) is 0 Å². The van der Waals surface area contributed by atoms with E-state index >= 15 is 0 Å². The van der Waals surface area contributed by atoms with Crippen molar-refractivity contribution in [2.24, 2.45) is 17.8 Å². The van der Waals surface area contributed by atoms with E-state index in [1.54, 1.807) is 0 Å². The lowest BCUT2D eigenvalue weighted by atomic mass is 9.98. The molecule has 2 aromatic heterocycles. The highest BCUT2D eigenvalue weighted by Gasteiger charge is 2.41. The van der Waals surface area contributed by atoms with E-state index in [1.165, 1.54) is 31.2 Å². The zero-order chi connectivity index (χ0) is 12.8. The predicted octanol–water partition coefficient (Wildman–Crippen LogP) is 2.89. The van der Waals surface area contributed by atoms with Gasteiger partial charge in [0.2, 0.25) is 5.95 Å². The lowest BCUT2D eigenvalue weighted by molar-refractivity contribution is 0.427. The van der Waals surface area contributed by atoms with E-state index in [2.05, 4.69) is 28.4 Å². The van der Waals surface area contributed by atoms with Gasteiger partial charge in [-0.3, -0.25) is 0 Å². The van der Waals surface area contributed by atoms with Crippen molar-refractivity contribution < 1.29 is 0 Å². The number of aryl methyl sites for hydroxylation is 1. The highest BCUT2D eigenvalue weighted by atomic mass is 15.3. The first kappa shape index (κ1) is 11.3. The number of anilines is 1. The van der Waals surface area contributed by atoms with Gasteiger partial charge in [-0.05, 0) is 62.0 Å². The van der Waals surface area contributed by atoms with Gasteiger partial charge in [0.1, 0.15) is 0 Å². The Bertz CT molecular complexity index is 583.